The van der Waals surface area contributed by atoms with Crippen LogP contribution in [-0.4, -0.2) is 25.5 Å². The Bertz CT molecular complexity index is 332. The molecule has 1 N–H and O–H groups in total. The average Bonchev–Trinajstić information content (AvgIpc) is 2.28. The van der Waals surface area contributed by atoms with E-state index in [1.807, 2.05) is 31.2 Å². The number of hydrogen-bond donors (Lipinski definition) is 1. The number of ketones is 1. The molecular weight excluding hydrogens is 202 g/mol. The van der Waals surface area contributed by atoms with Crippen molar-refractivity contribution in [2.45, 2.75) is 26.3 Å². The molecule has 0 spiro atoms. The molecule has 0 aliphatic rings. The Kier molecular flexibility index (Phi) is 4.99. The molecule has 0 heterocycles. The third kappa shape index (κ3) is 3.66. The Morgan fingerprint density at radius 3 is 2.44 bits per heavy atom. The second-order valence-electron chi connectivity index (χ2n) is 3.73. The summed E-state index contributed by atoms with van der Waals surface area (Å²) in [5.74, 6) is 1.03. The van der Waals surface area contributed by atoms with Gasteiger partial charge in [-0.25, -0.2) is 0 Å². The topological polar surface area (TPSA) is 38.3 Å². The Labute approximate surface area is 96.8 Å². The first-order valence-corrected chi connectivity index (χ1v) is 5.56. The van der Waals surface area contributed by atoms with Gasteiger partial charge in [0, 0.05) is 0 Å². The lowest BCUT2D eigenvalue weighted by molar-refractivity contribution is -0.118. The van der Waals surface area contributed by atoms with E-state index < -0.39 is 0 Å². The van der Waals surface area contributed by atoms with Gasteiger partial charge in [0.1, 0.15) is 11.5 Å². The van der Waals surface area contributed by atoms with Gasteiger partial charge in [0.2, 0.25) is 0 Å². The van der Waals surface area contributed by atoms with Gasteiger partial charge in [0.05, 0.1) is 12.6 Å². The fraction of sp³-hybridized carbons (Fsp3) is 0.462. The summed E-state index contributed by atoms with van der Waals surface area (Å²) in [7, 11) is 1.81. The van der Waals surface area contributed by atoms with Gasteiger partial charge in [-0.2, -0.15) is 0 Å². The van der Waals surface area contributed by atoms with E-state index in [-0.39, 0.29) is 11.8 Å². The van der Waals surface area contributed by atoms with Crippen LogP contribution >= 0.6 is 0 Å². The molecule has 3 nitrogen and oxygen atoms in total. The van der Waals surface area contributed by atoms with Crippen LogP contribution in [0.4, 0.5) is 0 Å². The van der Waals surface area contributed by atoms with Gasteiger partial charge >= 0.3 is 0 Å². The zero-order valence-corrected chi connectivity index (χ0v) is 10.1. The number of nitrogens with one attached hydrogen (secondary N) is 1. The average molecular weight is 221 g/mol. The summed E-state index contributed by atoms with van der Waals surface area (Å²) >= 11 is 0. The van der Waals surface area contributed by atoms with E-state index in [2.05, 4.69) is 5.32 Å². The first-order valence-electron chi connectivity index (χ1n) is 5.56. The van der Waals surface area contributed by atoms with Crippen LogP contribution in [0.3, 0.4) is 0 Å². The first-order chi connectivity index (χ1) is 7.67. The molecule has 0 radical (unpaired) electrons. The number of carbonyl (C=O) groups is 1. The highest BCUT2D eigenvalue weighted by molar-refractivity contribution is 5.81. The van der Waals surface area contributed by atoms with Crippen molar-refractivity contribution in [2.24, 2.45) is 0 Å². The van der Waals surface area contributed by atoms with E-state index in [1.165, 1.54) is 0 Å². The molecule has 1 aromatic rings. The monoisotopic (exact) mass is 221 g/mol. The lowest BCUT2D eigenvalue weighted by Gasteiger charge is -2.12. The van der Waals surface area contributed by atoms with Gasteiger partial charge in [-0.1, -0.05) is 12.1 Å². The summed E-state index contributed by atoms with van der Waals surface area (Å²) < 4.78 is 5.36. The molecule has 16 heavy (non-hydrogen) atoms. The Hall–Kier alpha value is -1.35. The standard InChI is InChI=1S/C13H19NO2/c1-4-16-12-7-5-11(6-8-12)9-13(14-3)10(2)15/h5-8,13-14H,4,9H2,1-3H3/t13-/m1/s1. The quantitative estimate of drug-likeness (QED) is 0.796. The zero-order valence-electron chi connectivity index (χ0n) is 10.1. The van der Waals surface area contributed by atoms with Gasteiger partial charge in [-0.3, -0.25) is 4.79 Å². The largest absolute Gasteiger partial charge is 0.494 e. The molecule has 1 aromatic carbocycles. The van der Waals surface area contributed by atoms with Crippen LogP contribution in [-0.2, 0) is 11.2 Å². The van der Waals surface area contributed by atoms with Crippen LogP contribution in [0, 0.1) is 0 Å². The number of benzene rings is 1. The van der Waals surface area contributed by atoms with Crippen LogP contribution in [0.25, 0.3) is 0 Å². The zero-order chi connectivity index (χ0) is 12.0. The molecule has 1 atom stereocenters. The highest BCUT2D eigenvalue weighted by atomic mass is 16.5. The van der Waals surface area contributed by atoms with Gasteiger partial charge in [0.15, 0.2) is 0 Å². The maximum atomic E-state index is 11.3. The number of rotatable bonds is 6. The minimum atomic E-state index is -0.0991. The second kappa shape index (κ2) is 6.28. The molecule has 0 unspecified atom stereocenters. The van der Waals surface area contributed by atoms with Gasteiger partial charge in [-0.15, -0.1) is 0 Å². The fourth-order valence-electron chi connectivity index (χ4n) is 1.57. The Morgan fingerprint density at radius 2 is 2.00 bits per heavy atom. The predicted molar refractivity (Wildman–Crippen MR) is 64.8 cm³/mol. The minimum absolute atomic E-state index is 0.0991. The van der Waals surface area contributed by atoms with E-state index >= 15 is 0 Å². The summed E-state index contributed by atoms with van der Waals surface area (Å²) in [6.07, 6.45) is 0.720. The molecule has 0 aromatic heterocycles. The molecule has 0 aliphatic heterocycles. The van der Waals surface area contributed by atoms with E-state index in [4.69, 9.17) is 4.74 Å². The molecule has 0 amide bonds. The SMILES string of the molecule is CCOc1ccc(C[C@@H](NC)C(C)=O)cc1. The molecule has 0 saturated heterocycles. The summed E-state index contributed by atoms with van der Waals surface area (Å²) in [5, 5.41) is 3.01. The maximum Gasteiger partial charge on any atom is 0.147 e. The van der Waals surface area contributed by atoms with Crippen LogP contribution < -0.4 is 10.1 Å². The summed E-state index contributed by atoms with van der Waals surface area (Å²) in [4.78, 5) is 11.3. The minimum Gasteiger partial charge on any atom is -0.494 e. The third-order valence-corrected chi connectivity index (χ3v) is 2.51. The van der Waals surface area contributed by atoms with Crippen molar-refractivity contribution in [2.75, 3.05) is 13.7 Å². The normalized spacial score (nSPS) is 12.2. The lowest BCUT2D eigenvalue weighted by atomic mass is 10.0. The van der Waals surface area contributed by atoms with Crippen molar-refractivity contribution >= 4 is 5.78 Å². The Morgan fingerprint density at radius 1 is 1.38 bits per heavy atom. The fourth-order valence-corrected chi connectivity index (χ4v) is 1.57. The number of carbonyl (C=O) groups excluding carboxylic acids is 1. The number of hydrogen-bond acceptors (Lipinski definition) is 3. The molecule has 3 heteroatoms. The predicted octanol–water partition coefficient (Wildman–Crippen LogP) is 1.80. The van der Waals surface area contributed by atoms with E-state index in [0.29, 0.717) is 6.61 Å². The van der Waals surface area contributed by atoms with E-state index in [0.717, 1.165) is 17.7 Å². The highest BCUT2D eigenvalue weighted by Gasteiger charge is 2.11. The van der Waals surface area contributed by atoms with Gasteiger partial charge in [0.25, 0.3) is 0 Å². The van der Waals surface area contributed by atoms with Gasteiger partial charge < -0.3 is 10.1 Å². The van der Waals surface area contributed by atoms with Gasteiger partial charge in [-0.05, 0) is 45.0 Å². The molecule has 1 rings (SSSR count). The van der Waals surface area contributed by atoms with E-state index in [9.17, 15) is 4.79 Å². The molecular formula is C13H19NO2. The molecule has 0 aliphatic carbocycles. The number of ether oxygens (including phenoxy) is 1. The molecule has 88 valence electrons. The Balaban J connectivity index is 2.63. The molecule has 0 bridgehead atoms. The van der Waals surface area contributed by atoms with Crippen molar-refractivity contribution in [3.05, 3.63) is 29.8 Å². The number of Topliss-reactive ketones (excluding diaryl/α,β-unsaturated/α-hetero) is 1. The van der Waals surface area contributed by atoms with Crippen molar-refractivity contribution in [1.82, 2.24) is 5.32 Å². The second-order valence-corrected chi connectivity index (χ2v) is 3.73. The highest BCUT2D eigenvalue weighted by Crippen LogP contribution is 2.13. The van der Waals surface area contributed by atoms with Crippen molar-refractivity contribution in [1.29, 1.82) is 0 Å². The first kappa shape index (κ1) is 12.7. The van der Waals surface area contributed by atoms with E-state index in [1.54, 1.807) is 14.0 Å². The summed E-state index contributed by atoms with van der Waals surface area (Å²) in [6.45, 7) is 4.24. The van der Waals surface area contributed by atoms with Crippen molar-refractivity contribution in [3.8, 4) is 5.75 Å². The molecule has 0 saturated carbocycles. The number of likely N-dealkylation sites (N-methyl/N-ethyl adjacent to an activating group) is 1. The summed E-state index contributed by atoms with van der Waals surface area (Å²) in [6, 6.07) is 7.77. The van der Waals surface area contributed by atoms with Crippen LogP contribution in [0.5, 0.6) is 5.75 Å². The van der Waals surface area contributed by atoms with Crippen molar-refractivity contribution < 1.29 is 9.53 Å². The van der Waals surface area contributed by atoms with Crippen LogP contribution in [0.15, 0.2) is 24.3 Å². The maximum absolute atomic E-state index is 11.3. The summed E-state index contributed by atoms with van der Waals surface area (Å²) in [5.41, 5.74) is 1.14. The van der Waals surface area contributed by atoms with Crippen LogP contribution in [0.2, 0.25) is 0 Å². The third-order valence-electron chi connectivity index (χ3n) is 2.51. The van der Waals surface area contributed by atoms with Crippen molar-refractivity contribution in [3.63, 3.8) is 0 Å². The lowest BCUT2D eigenvalue weighted by Crippen LogP contribution is -2.34. The molecule has 0 fully saturated rings. The smallest absolute Gasteiger partial charge is 0.147 e. The van der Waals surface area contributed by atoms with Crippen LogP contribution in [0.1, 0.15) is 19.4 Å².